The minimum absolute atomic E-state index is 0. The fourth-order valence-electron chi connectivity index (χ4n) is 3.16. The highest BCUT2D eigenvalue weighted by atomic mass is 127. The molecule has 2 aliphatic heterocycles. The Morgan fingerprint density at radius 3 is 2.79 bits per heavy atom. The maximum absolute atomic E-state index is 11.8. The molecule has 8 heteroatoms. The van der Waals surface area contributed by atoms with Crippen LogP contribution in [-0.2, 0) is 16.4 Å². The Hall–Kier alpha value is -0.870. The molecule has 3 rings (SSSR count). The Labute approximate surface area is 161 Å². The van der Waals surface area contributed by atoms with Crippen molar-refractivity contribution in [3.63, 3.8) is 0 Å². The van der Waals surface area contributed by atoms with Crippen molar-refractivity contribution >= 4 is 45.6 Å². The van der Waals surface area contributed by atoms with E-state index in [0.717, 1.165) is 31.9 Å². The monoisotopic (exact) mass is 464 g/mol. The van der Waals surface area contributed by atoms with Crippen molar-refractivity contribution in [2.45, 2.75) is 19.8 Å². The minimum atomic E-state index is -3.03. The summed E-state index contributed by atoms with van der Waals surface area (Å²) < 4.78 is 25.2. The second-order valence-corrected chi connectivity index (χ2v) is 7.92. The number of hydrogen-bond donors (Lipinski definition) is 1. The molecule has 1 aromatic carbocycles. The lowest BCUT2D eigenvalue weighted by Crippen LogP contribution is -2.41. The second-order valence-electron chi connectivity index (χ2n) is 5.83. The molecule has 0 saturated carbocycles. The fraction of sp³-hybridized carbons (Fsp3) is 0.562. The summed E-state index contributed by atoms with van der Waals surface area (Å²) in [7, 11) is -3.03. The highest BCUT2D eigenvalue weighted by Gasteiger charge is 2.27. The lowest BCUT2D eigenvalue weighted by Gasteiger charge is -2.22. The Morgan fingerprint density at radius 1 is 1.29 bits per heavy atom. The molecule has 134 valence electrons. The quantitative estimate of drug-likeness (QED) is 0.419. The zero-order valence-electron chi connectivity index (χ0n) is 13.9. The maximum Gasteiger partial charge on any atom is 0.214 e. The van der Waals surface area contributed by atoms with E-state index >= 15 is 0 Å². The van der Waals surface area contributed by atoms with Gasteiger partial charge in [0.15, 0.2) is 5.96 Å². The van der Waals surface area contributed by atoms with Gasteiger partial charge in [0.05, 0.1) is 12.3 Å². The Bertz CT molecular complexity index is 693. The van der Waals surface area contributed by atoms with Crippen molar-refractivity contribution in [3.8, 4) is 0 Å². The van der Waals surface area contributed by atoms with Crippen LogP contribution in [0.3, 0.4) is 0 Å². The summed E-state index contributed by atoms with van der Waals surface area (Å²) in [5.74, 6) is 1.12. The van der Waals surface area contributed by atoms with Gasteiger partial charge in [-0.3, -0.25) is 4.99 Å². The van der Waals surface area contributed by atoms with Gasteiger partial charge in [-0.1, -0.05) is 18.2 Å². The van der Waals surface area contributed by atoms with Crippen LogP contribution in [0, 0.1) is 0 Å². The van der Waals surface area contributed by atoms with Crippen LogP contribution in [0.25, 0.3) is 0 Å². The molecule has 0 spiro atoms. The zero-order chi connectivity index (χ0) is 16.3. The van der Waals surface area contributed by atoms with E-state index < -0.39 is 10.0 Å². The van der Waals surface area contributed by atoms with Crippen molar-refractivity contribution in [2.75, 3.05) is 43.4 Å². The van der Waals surface area contributed by atoms with Crippen LogP contribution in [0.2, 0.25) is 0 Å². The van der Waals surface area contributed by atoms with Crippen LogP contribution in [-0.4, -0.2) is 57.2 Å². The number of sulfonamides is 1. The second kappa shape index (κ2) is 8.48. The smallest absolute Gasteiger partial charge is 0.214 e. The predicted octanol–water partition coefficient (Wildman–Crippen LogP) is 1.67. The number of nitrogens with zero attached hydrogens (tertiary/aromatic N) is 3. The summed E-state index contributed by atoms with van der Waals surface area (Å²) in [6.45, 7) is 5.32. The summed E-state index contributed by atoms with van der Waals surface area (Å²) in [6.07, 6.45) is 1.74. The summed E-state index contributed by atoms with van der Waals surface area (Å²) >= 11 is 0. The number of nitrogens with one attached hydrogen (secondary N) is 1. The van der Waals surface area contributed by atoms with Gasteiger partial charge in [-0.15, -0.1) is 24.0 Å². The molecule has 1 fully saturated rings. The first-order chi connectivity index (χ1) is 11.1. The van der Waals surface area contributed by atoms with Gasteiger partial charge in [0.2, 0.25) is 10.0 Å². The number of hydrogen-bond acceptors (Lipinski definition) is 3. The number of fused-ring (bicyclic) bond motifs is 1. The molecule has 0 bridgehead atoms. The van der Waals surface area contributed by atoms with Gasteiger partial charge in [-0.05, 0) is 31.4 Å². The number of guanidine groups is 1. The molecule has 0 atom stereocenters. The van der Waals surface area contributed by atoms with E-state index in [-0.39, 0.29) is 29.7 Å². The first-order valence-corrected chi connectivity index (χ1v) is 9.84. The lowest BCUT2D eigenvalue weighted by molar-refractivity contribution is 0.452. The first kappa shape index (κ1) is 19.5. The number of anilines is 1. The van der Waals surface area contributed by atoms with Crippen molar-refractivity contribution < 1.29 is 8.42 Å². The van der Waals surface area contributed by atoms with Gasteiger partial charge in [0.1, 0.15) is 0 Å². The van der Waals surface area contributed by atoms with Gasteiger partial charge in [0.25, 0.3) is 0 Å². The number of para-hydroxylation sites is 1. The van der Waals surface area contributed by atoms with Gasteiger partial charge in [-0.25, -0.2) is 12.7 Å². The summed E-state index contributed by atoms with van der Waals surface area (Å²) in [5, 5.41) is 3.32. The van der Waals surface area contributed by atoms with Crippen LogP contribution in [0.1, 0.15) is 18.9 Å². The van der Waals surface area contributed by atoms with E-state index in [2.05, 4.69) is 33.4 Å². The van der Waals surface area contributed by atoms with E-state index in [9.17, 15) is 8.42 Å². The summed E-state index contributed by atoms with van der Waals surface area (Å²) in [4.78, 5) is 6.84. The molecule has 0 unspecified atom stereocenters. The fourth-order valence-corrected chi connectivity index (χ4v) is 4.68. The topological polar surface area (TPSA) is 65.0 Å². The van der Waals surface area contributed by atoms with E-state index in [1.165, 1.54) is 11.3 Å². The highest BCUT2D eigenvalue weighted by molar-refractivity contribution is 14.0. The largest absolute Gasteiger partial charge is 0.356 e. The Balaban J connectivity index is 0.00000208. The molecule has 0 aromatic heterocycles. The van der Waals surface area contributed by atoms with Gasteiger partial charge in [0, 0.05) is 31.9 Å². The summed E-state index contributed by atoms with van der Waals surface area (Å²) in [5.41, 5.74) is 2.53. The molecule has 2 aliphatic rings. The zero-order valence-corrected chi connectivity index (χ0v) is 17.1. The van der Waals surface area contributed by atoms with Gasteiger partial charge < -0.3 is 10.2 Å². The minimum Gasteiger partial charge on any atom is -0.356 e. The lowest BCUT2D eigenvalue weighted by atomic mass is 10.2. The molecule has 0 radical (unpaired) electrons. The molecule has 1 aromatic rings. The van der Waals surface area contributed by atoms with Gasteiger partial charge in [-0.2, -0.15) is 0 Å². The van der Waals surface area contributed by atoms with E-state index in [1.807, 2.05) is 13.0 Å². The SMILES string of the molecule is CCNC(=NCCN1CCCS1(=O)=O)N1CCc2ccccc21.I. The number of rotatable bonds is 4. The average Bonchev–Trinajstić information content (AvgIpc) is 3.10. The molecular weight excluding hydrogens is 439 g/mol. The Morgan fingerprint density at radius 2 is 2.08 bits per heavy atom. The van der Waals surface area contributed by atoms with E-state index in [4.69, 9.17) is 0 Å². The van der Waals surface area contributed by atoms with Crippen molar-refractivity contribution in [3.05, 3.63) is 29.8 Å². The van der Waals surface area contributed by atoms with Crippen LogP contribution in [0.4, 0.5) is 5.69 Å². The number of halogens is 1. The summed E-state index contributed by atoms with van der Waals surface area (Å²) in [6, 6.07) is 8.36. The predicted molar refractivity (Wildman–Crippen MR) is 109 cm³/mol. The maximum atomic E-state index is 11.8. The molecule has 1 saturated heterocycles. The molecule has 2 heterocycles. The van der Waals surface area contributed by atoms with Crippen LogP contribution >= 0.6 is 24.0 Å². The Kier molecular flexibility index (Phi) is 6.88. The van der Waals surface area contributed by atoms with Crippen LogP contribution < -0.4 is 10.2 Å². The first-order valence-electron chi connectivity index (χ1n) is 8.23. The highest BCUT2D eigenvalue weighted by Crippen LogP contribution is 2.27. The van der Waals surface area contributed by atoms with Crippen LogP contribution in [0.15, 0.2) is 29.3 Å². The molecular formula is C16H25IN4O2S. The molecule has 24 heavy (non-hydrogen) atoms. The number of aliphatic imine (C=N–C) groups is 1. The van der Waals surface area contributed by atoms with Crippen molar-refractivity contribution in [1.82, 2.24) is 9.62 Å². The van der Waals surface area contributed by atoms with Gasteiger partial charge >= 0.3 is 0 Å². The molecule has 1 N–H and O–H groups in total. The molecule has 6 nitrogen and oxygen atoms in total. The van der Waals surface area contributed by atoms with E-state index in [1.54, 1.807) is 4.31 Å². The average molecular weight is 464 g/mol. The third-order valence-corrected chi connectivity index (χ3v) is 6.25. The standard InChI is InChI=1S/C16H24N4O2S.HI/c1-2-17-16(18-9-12-19-10-5-13-23(19,21)22)20-11-8-14-6-3-4-7-15(14)20;/h3-4,6-7H,2,5,8-13H2,1H3,(H,17,18);1H. The van der Waals surface area contributed by atoms with Crippen molar-refractivity contribution in [1.29, 1.82) is 0 Å². The third kappa shape index (κ3) is 4.20. The van der Waals surface area contributed by atoms with E-state index in [0.29, 0.717) is 19.6 Å². The molecule has 0 aliphatic carbocycles. The number of benzene rings is 1. The normalized spacial score (nSPS) is 19.9. The third-order valence-electron chi connectivity index (χ3n) is 4.29. The molecule has 0 amide bonds. The van der Waals surface area contributed by atoms with Crippen LogP contribution in [0.5, 0.6) is 0 Å². The van der Waals surface area contributed by atoms with Crippen molar-refractivity contribution in [2.24, 2.45) is 4.99 Å².